The van der Waals surface area contributed by atoms with E-state index in [0.717, 1.165) is 31.3 Å². The standard InChI is InChI=1S/C13H26N2O2S/c1-11(12-4-5-12)10-15-18(16,17)9-3-2-8-14-13-6-7-13/h11-15H,2-10H2,1H3. The molecule has 2 N–H and O–H groups in total. The molecular weight excluding hydrogens is 248 g/mol. The van der Waals surface area contributed by atoms with Gasteiger partial charge in [0.15, 0.2) is 0 Å². The third kappa shape index (κ3) is 5.67. The van der Waals surface area contributed by atoms with E-state index in [9.17, 15) is 8.42 Å². The van der Waals surface area contributed by atoms with Crippen molar-refractivity contribution >= 4 is 10.0 Å². The van der Waals surface area contributed by atoms with E-state index >= 15 is 0 Å². The van der Waals surface area contributed by atoms with Gasteiger partial charge in [0.05, 0.1) is 5.75 Å². The van der Waals surface area contributed by atoms with Gasteiger partial charge in [-0.2, -0.15) is 0 Å². The fourth-order valence-electron chi connectivity index (χ4n) is 2.17. The Hall–Kier alpha value is -0.130. The zero-order valence-corrected chi connectivity index (χ0v) is 12.1. The largest absolute Gasteiger partial charge is 0.314 e. The summed E-state index contributed by atoms with van der Waals surface area (Å²) in [5.74, 6) is 1.53. The molecular formula is C13H26N2O2S. The minimum Gasteiger partial charge on any atom is -0.314 e. The highest BCUT2D eigenvalue weighted by molar-refractivity contribution is 7.89. The van der Waals surface area contributed by atoms with Crippen LogP contribution in [0.1, 0.15) is 45.4 Å². The van der Waals surface area contributed by atoms with Gasteiger partial charge in [0.1, 0.15) is 0 Å². The first-order valence-corrected chi connectivity index (χ1v) is 8.93. The van der Waals surface area contributed by atoms with Crippen LogP contribution in [0.2, 0.25) is 0 Å². The summed E-state index contributed by atoms with van der Waals surface area (Å²) < 4.78 is 26.3. The average molecular weight is 274 g/mol. The number of hydrogen-bond acceptors (Lipinski definition) is 3. The molecule has 18 heavy (non-hydrogen) atoms. The van der Waals surface area contributed by atoms with Crippen LogP contribution in [0.25, 0.3) is 0 Å². The summed E-state index contributed by atoms with van der Waals surface area (Å²) in [6.45, 7) is 3.71. The van der Waals surface area contributed by atoms with Crippen LogP contribution >= 0.6 is 0 Å². The maximum Gasteiger partial charge on any atom is 0.211 e. The molecule has 2 aliphatic carbocycles. The van der Waals surface area contributed by atoms with Crippen LogP contribution in [0.5, 0.6) is 0 Å². The SMILES string of the molecule is CC(CNS(=O)(=O)CCCCNC1CC1)C1CC1. The normalized spacial score (nSPS) is 22.1. The third-order valence-electron chi connectivity index (χ3n) is 3.90. The molecule has 1 atom stereocenters. The molecule has 2 fully saturated rings. The lowest BCUT2D eigenvalue weighted by molar-refractivity contribution is 0.491. The first-order chi connectivity index (χ1) is 8.57. The molecule has 2 aliphatic rings. The lowest BCUT2D eigenvalue weighted by Gasteiger charge is -2.11. The summed E-state index contributed by atoms with van der Waals surface area (Å²) >= 11 is 0. The number of unbranched alkanes of at least 4 members (excludes halogenated alkanes) is 1. The van der Waals surface area contributed by atoms with E-state index in [4.69, 9.17) is 0 Å². The monoisotopic (exact) mass is 274 g/mol. The molecule has 0 aromatic carbocycles. The first kappa shape index (κ1) is 14.3. The fourth-order valence-corrected chi connectivity index (χ4v) is 3.42. The molecule has 5 heteroatoms. The predicted octanol–water partition coefficient (Wildman–Crippen LogP) is 1.48. The number of sulfonamides is 1. The van der Waals surface area contributed by atoms with Crippen LogP contribution in [0.3, 0.4) is 0 Å². The molecule has 106 valence electrons. The summed E-state index contributed by atoms with van der Waals surface area (Å²) in [4.78, 5) is 0. The van der Waals surface area contributed by atoms with Crippen molar-refractivity contribution in [3.05, 3.63) is 0 Å². The van der Waals surface area contributed by atoms with Crippen molar-refractivity contribution in [3.63, 3.8) is 0 Å². The molecule has 0 heterocycles. The molecule has 0 aliphatic heterocycles. The van der Waals surface area contributed by atoms with Crippen molar-refractivity contribution in [3.8, 4) is 0 Å². The number of hydrogen-bond donors (Lipinski definition) is 2. The zero-order chi connectivity index (χ0) is 13.0. The molecule has 0 amide bonds. The number of nitrogens with one attached hydrogen (secondary N) is 2. The van der Waals surface area contributed by atoms with Gasteiger partial charge in [-0.25, -0.2) is 13.1 Å². The fraction of sp³-hybridized carbons (Fsp3) is 1.00. The lowest BCUT2D eigenvalue weighted by atomic mass is 10.1. The van der Waals surface area contributed by atoms with Gasteiger partial charge in [-0.05, 0) is 56.9 Å². The molecule has 0 aromatic rings. The van der Waals surface area contributed by atoms with Crippen molar-refractivity contribution in [1.82, 2.24) is 10.0 Å². The van der Waals surface area contributed by atoms with Crippen LogP contribution in [-0.4, -0.2) is 33.3 Å². The molecule has 0 aromatic heterocycles. The van der Waals surface area contributed by atoms with Crippen LogP contribution < -0.4 is 10.0 Å². The van der Waals surface area contributed by atoms with E-state index in [2.05, 4.69) is 17.0 Å². The van der Waals surface area contributed by atoms with Crippen molar-refractivity contribution < 1.29 is 8.42 Å². The van der Waals surface area contributed by atoms with Gasteiger partial charge in [-0.15, -0.1) is 0 Å². The zero-order valence-electron chi connectivity index (χ0n) is 11.3. The molecule has 2 rings (SSSR count). The summed E-state index contributed by atoms with van der Waals surface area (Å²) in [6, 6.07) is 0.721. The van der Waals surface area contributed by atoms with Crippen molar-refractivity contribution in [2.75, 3.05) is 18.8 Å². The summed E-state index contributed by atoms with van der Waals surface area (Å²) in [5.41, 5.74) is 0. The second kappa shape index (κ2) is 6.35. The first-order valence-electron chi connectivity index (χ1n) is 7.27. The van der Waals surface area contributed by atoms with E-state index < -0.39 is 10.0 Å². The molecule has 4 nitrogen and oxygen atoms in total. The quantitative estimate of drug-likeness (QED) is 0.593. The highest BCUT2D eigenvalue weighted by atomic mass is 32.2. The van der Waals surface area contributed by atoms with Crippen LogP contribution in [0.15, 0.2) is 0 Å². The van der Waals surface area contributed by atoms with Gasteiger partial charge in [-0.1, -0.05) is 6.92 Å². The Labute approximate surface area is 111 Å². The molecule has 2 saturated carbocycles. The molecule has 1 unspecified atom stereocenters. The van der Waals surface area contributed by atoms with Gasteiger partial charge in [0, 0.05) is 12.6 Å². The Morgan fingerprint density at radius 3 is 2.50 bits per heavy atom. The number of rotatable bonds is 10. The second-order valence-electron chi connectivity index (χ2n) is 5.92. The van der Waals surface area contributed by atoms with Gasteiger partial charge < -0.3 is 5.32 Å². The summed E-state index contributed by atoms with van der Waals surface area (Å²) in [7, 11) is -3.05. The predicted molar refractivity (Wildman–Crippen MR) is 73.9 cm³/mol. The Morgan fingerprint density at radius 1 is 1.17 bits per heavy atom. The van der Waals surface area contributed by atoms with Crippen molar-refractivity contribution in [2.24, 2.45) is 11.8 Å². The van der Waals surface area contributed by atoms with E-state index in [1.54, 1.807) is 0 Å². The van der Waals surface area contributed by atoms with Gasteiger partial charge in [0.25, 0.3) is 0 Å². The topological polar surface area (TPSA) is 58.2 Å². The summed E-state index contributed by atoms with van der Waals surface area (Å²) in [5, 5.41) is 3.40. The third-order valence-corrected chi connectivity index (χ3v) is 5.33. The van der Waals surface area contributed by atoms with E-state index in [0.29, 0.717) is 12.5 Å². The van der Waals surface area contributed by atoms with E-state index in [1.807, 2.05) is 0 Å². The Morgan fingerprint density at radius 2 is 1.89 bits per heavy atom. The molecule has 0 radical (unpaired) electrons. The van der Waals surface area contributed by atoms with Gasteiger partial charge in [-0.3, -0.25) is 0 Å². The van der Waals surface area contributed by atoms with Crippen LogP contribution in [0.4, 0.5) is 0 Å². The molecule has 0 saturated heterocycles. The van der Waals surface area contributed by atoms with Crippen LogP contribution in [-0.2, 0) is 10.0 Å². The molecule has 0 bridgehead atoms. The Kier molecular flexibility index (Phi) is 5.04. The lowest BCUT2D eigenvalue weighted by Crippen LogP contribution is -2.31. The highest BCUT2D eigenvalue weighted by Crippen LogP contribution is 2.36. The highest BCUT2D eigenvalue weighted by Gasteiger charge is 2.28. The summed E-state index contributed by atoms with van der Waals surface area (Å²) in [6.07, 6.45) is 6.84. The van der Waals surface area contributed by atoms with Gasteiger partial charge >= 0.3 is 0 Å². The van der Waals surface area contributed by atoms with Crippen molar-refractivity contribution in [1.29, 1.82) is 0 Å². The molecule has 0 spiro atoms. The van der Waals surface area contributed by atoms with Crippen molar-refractivity contribution in [2.45, 2.75) is 51.5 Å². The van der Waals surface area contributed by atoms with E-state index in [-0.39, 0.29) is 5.75 Å². The minimum absolute atomic E-state index is 0.275. The minimum atomic E-state index is -3.05. The van der Waals surface area contributed by atoms with Crippen LogP contribution in [0, 0.1) is 11.8 Å². The smallest absolute Gasteiger partial charge is 0.211 e. The van der Waals surface area contributed by atoms with Gasteiger partial charge in [0.2, 0.25) is 10.0 Å². The maximum atomic E-state index is 11.8. The second-order valence-corrected chi connectivity index (χ2v) is 7.84. The Bertz CT molecular complexity index is 348. The maximum absolute atomic E-state index is 11.8. The Balaban J connectivity index is 1.51. The average Bonchev–Trinajstić information content (AvgIpc) is 3.15. The van der Waals surface area contributed by atoms with E-state index in [1.165, 1.54) is 25.7 Å².